The van der Waals surface area contributed by atoms with Crippen LogP contribution >= 0.6 is 0 Å². The number of nitrogens with zero attached hydrogens (tertiary/aromatic N) is 1. The highest BCUT2D eigenvalue weighted by Crippen LogP contribution is 2.09. The van der Waals surface area contributed by atoms with Crippen molar-refractivity contribution in [3.63, 3.8) is 0 Å². The van der Waals surface area contributed by atoms with E-state index in [0.29, 0.717) is 12.2 Å². The summed E-state index contributed by atoms with van der Waals surface area (Å²) in [6.45, 7) is 0.596. The normalized spacial score (nSPS) is 11.4. The maximum absolute atomic E-state index is 12.0. The van der Waals surface area contributed by atoms with Crippen molar-refractivity contribution in [3.05, 3.63) is 66.2 Å². The molecule has 0 bridgehead atoms. The molecule has 0 aliphatic heterocycles. The number of carbonyl (C=O) groups excluding carboxylic acids is 1. The second-order valence-corrected chi connectivity index (χ2v) is 7.90. The zero-order valence-corrected chi connectivity index (χ0v) is 15.2. The summed E-state index contributed by atoms with van der Waals surface area (Å²) in [6.07, 6.45) is 2.85. The van der Waals surface area contributed by atoms with Crippen molar-refractivity contribution < 1.29 is 13.2 Å². The second kappa shape index (κ2) is 9.34. The summed E-state index contributed by atoms with van der Waals surface area (Å²) in [6, 6.07) is 19.1. The van der Waals surface area contributed by atoms with Gasteiger partial charge in [-0.2, -0.15) is 0 Å². The lowest BCUT2D eigenvalue weighted by Gasteiger charge is -2.19. The van der Waals surface area contributed by atoms with E-state index >= 15 is 0 Å². The molecule has 0 unspecified atom stereocenters. The average Bonchev–Trinajstić information content (AvgIpc) is 2.58. The number of rotatable bonds is 9. The lowest BCUT2D eigenvalue weighted by atomic mass is 10.1. The molecule has 2 rings (SSSR count). The molecule has 2 aromatic carbocycles. The molecule has 0 aliphatic rings. The SMILES string of the molecule is CS(=O)(=O)N(CCCc1ccccc1)CCC(=O)Nc1ccccc1. The number of anilines is 1. The summed E-state index contributed by atoms with van der Waals surface area (Å²) in [5.74, 6) is -0.192. The third-order valence-electron chi connectivity index (χ3n) is 3.83. The van der Waals surface area contributed by atoms with E-state index in [1.165, 1.54) is 16.1 Å². The number of aryl methyl sites for hydroxylation is 1. The van der Waals surface area contributed by atoms with Crippen LogP contribution in [-0.4, -0.2) is 38.0 Å². The van der Waals surface area contributed by atoms with Gasteiger partial charge < -0.3 is 5.32 Å². The summed E-state index contributed by atoms with van der Waals surface area (Å²) < 4.78 is 25.3. The van der Waals surface area contributed by atoms with Crippen molar-refractivity contribution >= 4 is 21.6 Å². The number of para-hydroxylation sites is 1. The Morgan fingerprint density at radius 3 is 2.16 bits per heavy atom. The number of carbonyl (C=O) groups is 1. The van der Waals surface area contributed by atoms with Crippen molar-refractivity contribution in [2.75, 3.05) is 24.7 Å². The van der Waals surface area contributed by atoms with Crippen LogP contribution in [0.2, 0.25) is 0 Å². The monoisotopic (exact) mass is 360 g/mol. The van der Waals surface area contributed by atoms with Crippen LogP contribution in [0.15, 0.2) is 60.7 Å². The van der Waals surface area contributed by atoms with Crippen LogP contribution in [0, 0.1) is 0 Å². The summed E-state index contributed by atoms with van der Waals surface area (Å²) in [5.41, 5.74) is 1.89. The first-order chi connectivity index (χ1) is 11.9. The number of benzene rings is 2. The zero-order chi connectivity index (χ0) is 18.1. The standard InChI is InChI=1S/C19H24N2O3S/c1-25(23,24)21(15-8-11-17-9-4-2-5-10-17)16-14-19(22)20-18-12-6-3-7-13-18/h2-7,9-10,12-13H,8,11,14-16H2,1H3,(H,20,22). The number of nitrogens with one attached hydrogen (secondary N) is 1. The van der Waals surface area contributed by atoms with Gasteiger partial charge >= 0.3 is 0 Å². The Bertz CT molecular complexity index is 762. The molecule has 0 heterocycles. The van der Waals surface area contributed by atoms with Crippen LogP contribution in [0.1, 0.15) is 18.4 Å². The molecule has 6 heteroatoms. The van der Waals surface area contributed by atoms with Crippen molar-refractivity contribution in [2.45, 2.75) is 19.3 Å². The molecule has 134 valence electrons. The van der Waals surface area contributed by atoms with Crippen LogP contribution in [0.3, 0.4) is 0 Å². The Morgan fingerprint density at radius 1 is 0.960 bits per heavy atom. The van der Waals surface area contributed by atoms with E-state index in [1.54, 1.807) is 12.1 Å². The fraction of sp³-hybridized carbons (Fsp3) is 0.316. The lowest BCUT2D eigenvalue weighted by Crippen LogP contribution is -2.34. The second-order valence-electron chi connectivity index (χ2n) is 5.92. The van der Waals surface area contributed by atoms with E-state index in [9.17, 15) is 13.2 Å². The van der Waals surface area contributed by atoms with E-state index < -0.39 is 10.0 Å². The predicted molar refractivity (Wildman–Crippen MR) is 101 cm³/mol. The molecule has 0 aromatic heterocycles. The summed E-state index contributed by atoms with van der Waals surface area (Å²) in [4.78, 5) is 12.0. The number of sulfonamides is 1. The van der Waals surface area contributed by atoms with E-state index in [-0.39, 0.29) is 18.9 Å². The molecule has 0 saturated heterocycles. The number of hydrogen-bond donors (Lipinski definition) is 1. The van der Waals surface area contributed by atoms with Crippen LogP contribution < -0.4 is 5.32 Å². The maximum Gasteiger partial charge on any atom is 0.225 e. The first-order valence-corrected chi connectivity index (χ1v) is 10.1. The minimum atomic E-state index is -3.33. The Morgan fingerprint density at radius 2 is 1.56 bits per heavy atom. The van der Waals surface area contributed by atoms with Gasteiger partial charge in [-0.1, -0.05) is 48.5 Å². The quantitative estimate of drug-likeness (QED) is 0.748. The van der Waals surface area contributed by atoms with Gasteiger partial charge in [0.15, 0.2) is 0 Å². The third-order valence-corrected chi connectivity index (χ3v) is 5.13. The van der Waals surface area contributed by atoms with Crippen molar-refractivity contribution in [2.24, 2.45) is 0 Å². The van der Waals surface area contributed by atoms with Gasteiger partial charge in [0.25, 0.3) is 0 Å². The first kappa shape index (κ1) is 19.1. The molecule has 5 nitrogen and oxygen atoms in total. The van der Waals surface area contributed by atoms with E-state index in [0.717, 1.165) is 12.8 Å². The molecule has 0 aliphatic carbocycles. The van der Waals surface area contributed by atoms with Gasteiger partial charge in [0.05, 0.1) is 6.26 Å². The fourth-order valence-electron chi connectivity index (χ4n) is 2.52. The topological polar surface area (TPSA) is 66.5 Å². The predicted octanol–water partition coefficient (Wildman–Crippen LogP) is 2.91. The fourth-order valence-corrected chi connectivity index (χ4v) is 3.40. The molecular weight excluding hydrogens is 336 g/mol. The zero-order valence-electron chi connectivity index (χ0n) is 14.4. The number of hydrogen-bond acceptors (Lipinski definition) is 3. The van der Waals surface area contributed by atoms with Crippen LogP contribution in [0.25, 0.3) is 0 Å². The molecule has 0 saturated carbocycles. The third kappa shape index (κ3) is 7.07. The van der Waals surface area contributed by atoms with Crippen molar-refractivity contribution in [3.8, 4) is 0 Å². The average molecular weight is 360 g/mol. The van der Waals surface area contributed by atoms with Gasteiger partial charge in [-0.05, 0) is 30.5 Å². The Kier molecular flexibility index (Phi) is 7.16. The van der Waals surface area contributed by atoms with Crippen LogP contribution in [0.4, 0.5) is 5.69 Å². The number of amides is 1. The summed E-state index contributed by atoms with van der Waals surface area (Å²) in [7, 11) is -3.33. The highest BCUT2D eigenvalue weighted by molar-refractivity contribution is 7.88. The van der Waals surface area contributed by atoms with E-state index in [4.69, 9.17) is 0 Å². The molecule has 25 heavy (non-hydrogen) atoms. The molecule has 1 N–H and O–H groups in total. The molecular formula is C19H24N2O3S. The molecule has 0 fully saturated rings. The van der Waals surface area contributed by atoms with Crippen molar-refractivity contribution in [1.29, 1.82) is 0 Å². The largest absolute Gasteiger partial charge is 0.326 e. The van der Waals surface area contributed by atoms with Crippen LogP contribution in [0.5, 0.6) is 0 Å². The van der Waals surface area contributed by atoms with Gasteiger partial charge in [0, 0.05) is 25.2 Å². The highest BCUT2D eigenvalue weighted by Gasteiger charge is 2.17. The Hall–Kier alpha value is -2.18. The molecule has 0 radical (unpaired) electrons. The maximum atomic E-state index is 12.0. The van der Waals surface area contributed by atoms with Gasteiger partial charge in [0.2, 0.25) is 15.9 Å². The van der Waals surface area contributed by atoms with E-state index in [1.807, 2.05) is 48.5 Å². The molecule has 0 atom stereocenters. The van der Waals surface area contributed by atoms with Gasteiger partial charge in [-0.3, -0.25) is 4.79 Å². The van der Waals surface area contributed by atoms with Gasteiger partial charge in [0.1, 0.15) is 0 Å². The summed E-state index contributed by atoms with van der Waals surface area (Å²) >= 11 is 0. The molecule has 1 amide bonds. The van der Waals surface area contributed by atoms with E-state index in [2.05, 4.69) is 5.32 Å². The van der Waals surface area contributed by atoms with Crippen LogP contribution in [-0.2, 0) is 21.2 Å². The minimum absolute atomic E-state index is 0.132. The highest BCUT2D eigenvalue weighted by atomic mass is 32.2. The Balaban J connectivity index is 1.82. The van der Waals surface area contributed by atoms with Gasteiger partial charge in [-0.25, -0.2) is 12.7 Å². The lowest BCUT2D eigenvalue weighted by molar-refractivity contribution is -0.116. The van der Waals surface area contributed by atoms with Crippen molar-refractivity contribution in [1.82, 2.24) is 4.31 Å². The molecule has 2 aromatic rings. The Labute approximate surface area is 149 Å². The molecule has 0 spiro atoms. The summed E-state index contributed by atoms with van der Waals surface area (Å²) in [5, 5.41) is 2.77. The van der Waals surface area contributed by atoms with Gasteiger partial charge in [-0.15, -0.1) is 0 Å². The smallest absolute Gasteiger partial charge is 0.225 e. The minimum Gasteiger partial charge on any atom is -0.326 e. The first-order valence-electron chi connectivity index (χ1n) is 8.29.